The number of anilines is 1. The average molecular weight is 426 g/mol. The van der Waals surface area contributed by atoms with Crippen molar-refractivity contribution in [1.29, 1.82) is 0 Å². The van der Waals surface area contributed by atoms with E-state index in [0.717, 1.165) is 0 Å². The van der Waals surface area contributed by atoms with Gasteiger partial charge in [-0.15, -0.1) is 0 Å². The molecule has 2 aromatic carbocycles. The van der Waals surface area contributed by atoms with Gasteiger partial charge in [0.1, 0.15) is 11.5 Å². The van der Waals surface area contributed by atoms with E-state index in [1.165, 1.54) is 13.1 Å². The molecule has 2 aromatic rings. The van der Waals surface area contributed by atoms with Crippen molar-refractivity contribution in [1.82, 2.24) is 5.32 Å². The Morgan fingerprint density at radius 2 is 1.81 bits per heavy atom. The molecule has 162 valence electrons. The Balaban J connectivity index is 0.00000166. The predicted molar refractivity (Wildman–Crippen MR) is 116 cm³/mol. The van der Waals surface area contributed by atoms with Crippen LogP contribution in [0.1, 0.15) is 31.8 Å². The molecule has 8 nitrogen and oxygen atoms in total. The van der Waals surface area contributed by atoms with Crippen LogP contribution in [0.25, 0.3) is 0 Å². The largest absolute Gasteiger partial charge is 0.381 e. The van der Waals surface area contributed by atoms with Crippen LogP contribution in [0, 0.1) is 5.82 Å². The number of hydrogen-bond donors (Lipinski definition) is 4. The zero-order chi connectivity index (χ0) is 23.0. The molecule has 1 aliphatic rings. The highest BCUT2D eigenvalue weighted by molar-refractivity contribution is 6.96. The molecule has 2 amide bonds. The van der Waals surface area contributed by atoms with E-state index in [9.17, 15) is 23.6 Å². The van der Waals surface area contributed by atoms with Gasteiger partial charge in [-0.2, -0.15) is 0 Å². The molecule has 0 unspecified atom stereocenters. The molecule has 1 fully saturated rings. The van der Waals surface area contributed by atoms with Gasteiger partial charge in [-0.1, -0.05) is 24.3 Å². The van der Waals surface area contributed by atoms with Crippen LogP contribution in [0.4, 0.5) is 10.1 Å². The zero-order valence-electron chi connectivity index (χ0n) is 17.1. The predicted octanol–water partition coefficient (Wildman–Crippen LogP) is 1.16. The van der Waals surface area contributed by atoms with Crippen LogP contribution in [-0.2, 0) is 22.7 Å². The first-order chi connectivity index (χ1) is 14.9. The molecule has 0 radical (unpaired) electrons. The number of carbonyl (C=O) groups excluding carboxylic acids is 4. The molecular formula is C21H24BFN4O4. The number of nitrogens with one attached hydrogen (secondary N) is 2. The summed E-state index contributed by atoms with van der Waals surface area (Å²) in [6.07, 6.45) is 0.330. The van der Waals surface area contributed by atoms with E-state index in [-0.39, 0.29) is 37.0 Å². The van der Waals surface area contributed by atoms with E-state index in [4.69, 9.17) is 5.73 Å². The van der Waals surface area contributed by atoms with Crippen LogP contribution in [0.3, 0.4) is 0 Å². The molecule has 6 N–H and O–H groups in total. The third-order valence-corrected chi connectivity index (χ3v) is 4.86. The van der Waals surface area contributed by atoms with E-state index < -0.39 is 24.3 Å². The summed E-state index contributed by atoms with van der Waals surface area (Å²) < 4.78 is 14.3. The van der Waals surface area contributed by atoms with Gasteiger partial charge in [0, 0.05) is 42.5 Å². The van der Waals surface area contributed by atoms with Crippen molar-refractivity contribution in [3.8, 4) is 0 Å². The van der Waals surface area contributed by atoms with Gasteiger partial charge in [0.2, 0.25) is 18.5 Å². The van der Waals surface area contributed by atoms with E-state index >= 15 is 0 Å². The molecule has 1 aliphatic heterocycles. The second-order valence-electron chi connectivity index (χ2n) is 6.77. The number of amides is 2. The molecule has 0 aliphatic carbocycles. The number of rotatable bonds is 7. The fourth-order valence-electron chi connectivity index (χ4n) is 3.40. The quantitative estimate of drug-likeness (QED) is 0.295. The minimum atomic E-state index is -0.737. The minimum absolute atomic E-state index is 0.0347. The molecule has 0 saturated carbocycles. The monoisotopic (exact) mass is 426 g/mol. The average Bonchev–Trinajstić information content (AvgIpc) is 2.78. The van der Waals surface area contributed by atoms with E-state index in [1.54, 1.807) is 30.3 Å². The summed E-state index contributed by atoms with van der Waals surface area (Å²) in [4.78, 5) is 47.0. The first-order valence-corrected chi connectivity index (χ1v) is 9.67. The molecule has 1 heterocycles. The molecule has 0 bridgehead atoms. The van der Waals surface area contributed by atoms with Crippen molar-refractivity contribution < 1.29 is 23.6 Å². The maximum Gasteiger partial charge on any atom is 0.248 e. The standard InChI is InChI=1S/C20H19BFN3O4.CH5N/c22-19-12(3-1-4-13(19)11-26)10-24-16-6-2-5-14(15(16)9-23)20(29)21-7-17(27)25-18(28)8-21;1-2/h1-6,11,24H,7-10,23H2,(H,25,27,28);2H2,1H3. The molecule has 3 rings (SSSR count). The van der Waals surface area contributed by atoms with Gasteiger partial charge < -0.3 is 21.6 Å². The lowest BCUT2D eigenvalue weighted by molar-refractivity contribution is -0.128. The van der Waals surface area contributed by atoms with Crippen LogP contribution >= 0.6 is 0 Å². The van der Waals surface area contributed by atoms with Crippen LogP contribution < -0.4 is 22.1 Å². The lowest BCUT2D eigenvalue weighted by Crippen LogP contribution is -2.45. The van der Waals surface area contributed by atoms with Gasteiger partial charge in [-0.05, 0) is 24.7 Å². The third kappa shape index (κ3) is 5.62. The highest BCUT2D eigenvalue weighted by atomic mass is 19.1. The highest BCUT2D eigenvalue weighted by Gasteiger charge is 2.35. The maximum absolute atomic E-state index is 14.3. The van der Waals surface area contributed by atoms with Crippen molar-refractivity contribution in [3.63, 3.8) is 0 Å². The van der Waals surface area contributed by atoms with E-state index in [1.807, 2.05) is 0 Å². The number of benzene rings is 2. The second-order valence-corrected chi connectivity index (χ2v) is 6.77. The Morgan fingerprint density at radius 3 is 2.42 bits per heavy atom. The van der Waals surface area contributed by atoms with E-state index in [0.29, 0.717) is 28.7 Å². The summed E-state index contributed by atoms with van der Waals surface area (Å²) in [5.74, 6) is -1.56. The Bertz CT molecular complexity index is 983. The summed E-state index contributed by atoms with van der Waals surface area (Å²) >= 11 is 0. The smallest absolute Gasteiger partial charge is 0.248 e. The topological polar surface area (TPSA) is 144 Å². The second kappa shape index (κ2) is 11.1. The number of carbonyl (C=O) groups is 4. The molecule has 0 spiro atoms. The Labute approximate surface area is 179 Å². The summed E-state index contributed by atoms with van der Waals surface area (Å²) in [7, 11) is 1.50. The summed E-state index contributed by atoms with van der Waals surface area (Å²) in [5.41, 5.74) is 11.7. The Morgan fingerprint density at radius 1 is 1.16 bits per heavy atom. The number of nitrogens with two attached hydrogens (primary N) is 2. The van der Waals surface area contributed by atoms with Gasteiger partial charge in [-0.25, -0.2) is 4.39 Å². The van der Waals surface area contributed by atoms with Crippen LogP contribution in [0.5, 0.6) is 0 Å². The van der Waals surface area contributed by atoms with Crippen LogP contribution in [0.2, 0.25) is 12.6 Å². The van der Waals surface area contributed by atoms with Gasteiger partial charge in [0.05, 0.1) is 5.56 Å². The van der Waals surface area contributed by atoms with Crippen molar-refractivity contribution >= 4 is 36.2 Å². The van der Waals surface area contributed by atoms with Gasteiger partial charge in [0.25, 0.3) is 0 Å². The van der Waals surface area contributed by atoms with Crippen molar-refractivity contribution in [3.05, 3.63) is 64.5 Å². The van der Waals surface area contributed by atoms with Gasteiger partial charge >= 0.3 is 0 Å². The van der Waals surface area contributed by atoms with Crippen LogP contribution in [0.15, 0.2) is 36.4 Å². The molecule has 10 heteroatoms. The maximum atomic E-state index is 14.3. The number of imide groups is 1. The molecule has 0 aromatic heterocycles. The third-order valence-electron chi connectivity index (χ3n) is 4.86. The molecule has 31 heavy (non-hydrogen) atoms. The minimum Gasteiger partial charge on any atom is -0.381 e. The Hall–Kier alpha value is -3.37. The molecule has 0 atom stereocenters. The lowest BCUT2D eigenvalue weighted by atomic mass is 9.39. The number of hydrogen-bond acceptors (Lipinski definition) is 7. The van der Waals surface area contributed by atoms with Crippen molar-refractivity contribution in [2.75, 3.05) is 12.4 Å². The fourth-order valence-corrected chi connectivity index (χ4v) is 3.40. The highest BCUT2D eigenvalue weighted by Crippen LogP contribution is 2.24. The first-order valence-electron chi connectivity index (χ1n) is 9.67. The Kier molecular flexibility index (Phi) is 8.59. The summed E-state index contributed by atoms with van der Waals surface area (Å²) in [6, 6.07) is 9.48. The normalized spacial score (nSPS) is 13.1. The first kappa shape index (κ1) is 23.9. The molecule has 1 saturated heterocycles. The zero-order valence-corrected chi connectivity index (χ0v) is 17.1. The van der Waals surface area contributed by atoms with Crippen molar-refractivity contribution in [2.45, 2.75) is 25.7 Å². The molecular weight excluding hydrogens is 402 g/mol. The summed E-state index contributed by atoms with van der Waals surface area (Å²) in [6.45, 7) is -0.616. The number of aldehydes is 1. The van der Waals surface area contributed by atoms with E-state index in [2.05, 4.69) is 16.4 Å². The lowest BCUT2D eigenvalue weighted by Gasteiger charge is -2.20. The van der Waals surface area contributed by atoms with Gasteiger partial charge in [0.15, 0.2) is 6.29 Å². The SMILES string of the molecule is CN.NCc1c(NCc2cccc(C=O)c2F)cccc1C(=O)B1CC(=O)NC(=O)C1. The van der Waals surface area contributed by atoms with Gasteiger partial charge in [-0.3, -0.25) is 19.7 Å². The fraction of sp³-hybridized carbons (Fsp3) is 0.238. The van der Waals surface area contributed by atoms with Crippen molar-refractivity contribution in [2.24, 2.45) is 11.5 Å². The number of halogens is 1. The summed E-state index contributed by atoms with van der Waals surface area (Å²) in [5, 5.41) is 5.24. The van der Waals surface area contributed by atoms with Crippen LogP contribution in [-0.4, -0.2) is 37.5 Å².